The van der Waals surface area contributed by atoms with Crippen molar-refractivity contribution in [3.8, 4) is 5.75 Å². The SMILES string of the molecule is CC(=O)O[C@H](CCCOC(=O)C[C@@H](OC(=O)CCCCCCCCCCOc1ccccc1)C(=O)N1CCC[C@H]1C(=O)O)[C@H](C)Cc1ccccc1. The van der Waals surface area contributed by atoms with E-state index in [9.17, 15) is 29.1 Å². The molecule has 0 spiro atoms. The second-order valence-corrected chi connectivity index (χ2v) is 13.6. The van der Waals surface area contributed by atoms with E-state index in [1.54, 1.807) is 0 Å². The Morgan fingerprint density at radius 2 is 1.42 bits per heavy atom. The van der Waals surface area contributed by atoms with E-state index in [0.29, 0.717) is 45.1 Å². The number of hydrogen-bond donors (Lipinski definition) is 1. The van der Waals surface area contributed by atoms with Crippen LogP contribution in [-0.4, -0.2) is 77.8 Å². The number of benzene rings is 2. The first-order chi connectivity index (χ1) is 25.1. The summed E-state index contributed by atoms with van der Waals surface area (Å²) in [5.74, 6) is -2.64. The molecule has 0 saturated carbocycles. The van der Waals surface area contributed by atoms with Gasteiger partial charge in [0.05, 0.1) is 19.6 Å². The third-order valence-corrected chi connectivity index (χ3v) is 9.26. The summed E-state index contributed by atoms with van der Waals surface area (Å²) < 4.78 is 22.2. The highest BCUT2D eigenvalue weighted by molar-refractivity contribution is 5.91. The molecule has 0 aromatic heterocycles. The molecule has 0 aliphatic carbocycles. The summed E-state index contributed by atoms with van der Waals surface area (Å²) in [5.41, 5.74) is 1.12. The van der Waals surface area contributed by atoms with E-state index in [4.69, 9.17) is 18.9 Å². The molecule has 0 radical (unpaired) electrons. The Bertz CT molecular complexity index is 1370. The van der Waals surface area contributed by atoms with Gasteiger partial charge in [0.25, 0.3) is 5.91 Å². The molecule has 1 aliphatic rings. The molecule has 286 valence electrons. The van der Waals surface area contributed by atoms with Crippen molar-refractivity contribution in [3.05, 3.63) is 66.2 Å². The molecule has 11 nitrogen and oxygen atoms in total. The average Bonchev–Trinajstić information content (AvgIpc) is 3.63. The fourth-order valence-corrected chi connectivity index (χ4v) is 6.48. The Labute approximate surface area is 308 Å². The van der Waals surface area contributed by atoms with Gasteiger partial charge in [-0.05, 0) is 68.6 Å². The third kappa shape index (κ3) is 16.3. The molecule has 0 bridgehead atoms. The van der Waals surface area contributed by atoms with E-state index >= 15 is 0 Å². The molecule has 1 fully saturated rings. The summed E-state index contributed by atoms with van der Waals surface area (Å²) >= 11 is 0. The molecular formula is C41H57NO10. The van der Waals surface area contributed by atoms with Crippen LogP contribution in [0.1, 0.15) is 109 Å². The minimum absolute atomic E-state index is 0.0203. The molecule has 2 aromatic rings. The van der Waals surface area contributed by atoms with Gasteiger partial charge >= 0.3 is 23.9 Å². The number of likely N-dealkylation sites (tertiary alicyclic amines) is 1. The molecule has 3 rings (SSSR count). The van der Waals surface area contributed by atoms with Crippen LogP contribution in [0.3, 0.4) is 0 Å². The van der Waals surface area contributed by atoms with Gasteiger partial charge in [-0.25, -0.2) is 4.79 Å². The smallest absolute Gasteiger partial charge is 0.326 e. The van der Waals surface area contributed by atoms with E-state index in [1.807, 2.05) is 67.6 Å². The normalized spacial score (nSPS) is 15.7. The predicted octanol–water partition coefficient (Wildman–Crippen LogP) is 7.09. The lowest BCUT2D eigenvalue weighted by Crippen LogP contribution is -2.47. The molecule has 2 aromatic carbocycles. The van der Waals surface area contributed by atoms with Crippen LogP contribution in [0.2, 0.25) is 0 Å². The lowest BCUT2D eigenvalue weighted by Gasteiger charge is -2.26. The standard InChI is InChI=1S/C41H57NO10/c1-31(29-33-19-11-9-12-20-33)36(51-32(2)43)24-18-28-50-39(45)30-37(40(46)42-26-17-23-35(42)41(47)48)52-38(44)25-15-7-5-3-4-6-8-16-27-49-34-21-13-10-14-22-34/h9-14,19-22,31,35-37H,3-8,15-18,23-30H2,1-2H3,(H,47,48)/t31-,35+,36-,37-/m1/s1. The number of rotatable bonds is 25. The van der Waals surface area contributed by atoms with Gasteiger partial charge < -0.3 is 29.0 Å². The number of hydrogen-bond acceptors (Lipinski definition) is 9. The van der Waals surface area contributed by atoms with E-state index in [2.05, 4.69) is 0 Å². The second kappa shape index (κ2) is 23.9. The molecule has 4 atom stereocenters. The van der Waals surface area contributed by atoms with Crippen LogP contribution in [-0.2, 0) is 44.6 Å². The number of carboxylic acid groups (broad SMARTS) is 1. The fraction of sp³-hybridized carbons (Fsp3) is 0.585. The largest absolute Gasteiger partial charge is 0.494 e. The molecule has 1 saturated heterocycles. The summed E-state index contributed by atoms with van der Waals surface area (Å²) in [6.45, 7) is 4.30. The number of ether oxygens (including phenoxy) is 4. The Morgan fingerprint density at radius 3 is 2.08 bits per heavy atom. The van der Waals surface area contributed by atoms with Crippen molar-refractivity contribution in [2.45, 2.75) is 128 Å². The maximum Gasteiger partial charge on any atom is 0.326 e. The van der Waals surface area contributed by atoms with Crippen molar-refractivity contribution in [1.29, 1.82) is 0 Å². The summed E-state index contributed by atoms with van der Waals surface area (Å²) in [7, 11) is 0. The van der Waals surface area contributed by atoms with Gasteiger partial charge in [-0.3, -0.25) is 19.2 Å². The van der Waals surface area contributed by atoms with Crippen LogP contribution in [0.25, 0.3) is 0 Å². The fourth-order valence-electron chi connectivity index (χ4n) is 6.48. The van der Waals surface area contributed by atoms with Gasteiger partial charge in [0.2, 0.25) is 0 Å². The van der Waals surface area contributed by atoms with E-state index in [-0.39, 0.29) is 37.6 Å². The molecular weight excluding hydrogens is 666 g/mol. The second-order valence-electron chi connectivity index (χ2n) is 13.6. The number of carbonyl (C=O) groups is 5. The van der Waals surface area contributed by atoms with Crippen molar-refractivity contribution in [1.82, 2.24) is 4.90 Å². The van der Waals surface area contributed by atoms with Gasteiger partial charge in [0.1, 0.15) is 17.9 Å². The highest BCUT2D eigenvalue weighted by atomic mass is 16.6. The Hall–Kier alpha value is -4.41. The highest BCUT2D eigenvalue weighted by Crippen LogP contribution is 2.22. The number of nitrogens with zero attached hydrogens (tertiary/aromatic N) is 1. The number of amides is 1. The quantitative estimate of drug-likeness (QED) is 0.0640. The van der Waals surface area contributed by atoms with Gasteiger partial charge in [-0.1, -0.05) is 94.0 Å². The van der Waals surface area contributed by atoms with Crippen molar-refractivity contribution in [2.24, 2.45) is 5.92 Å². The van der Waals surface area contributed by atoms with Gasteiger partial charge in [0, 0.05) is 19.9 Å². The van der Waals surface area contributed by atoms with Crippen LogP contribution in [0.4, 0.5) is 0 Å². The monoisotopic (exact) mass is 723 g/mol. The highest BCUT2D eigenvalue weighted by Gasteiger charge is 2.39. The number of para-hydroxylation sites is 1. The van der Waals surface area contributed by atoms with E-state index in [1.165, 1.54) is 11.8 Å². The van der Waals surface area contributed by atoms with E-state index < -0.39 is 42.4 Å². The van der Waals surface area contributed by atoms with Crippen LogP contribution in [0.5, 0.6) is 5.75 Å². The summed E-state index contributed by atoms with van der Waals surface area (Å²) in [4.78, 5) is 63.8. The Morgan fingerprint density at radius 1 is 0.788 bits per heavy atom. The average molecular weight is 724 g/mol. The van der Waals surface area contributed by atoms with Gasteiger partial charge in [-0.15, -0.1) is 0 Å². The Balaban J connectivity index is 1.39. The number of aliphatic carboxylic acids is 1. The zero-order chi connectivity index (χ0) is 37.6. The molecule has 52 heavy (non-hydrogen) atoms. The minimum atomic E-state index is -1.47. The maximum atomic E-state index is 13.4. The number of carbonyl (C=O) groups excluding carboxylic acids is 4. The van der Waals surface area contributed by atoms with Crippen molar-refractivity contribution < 1.29 is 48.0 Å². The van der Waals surface area contributed by atoms with Crippen LogP contribution < -0.4 is 4.74 Å². The lowest BCUT2D eigenvalue weighted by atomic mass is 9.93. The van der Waals surface area contributed by atoms with Crippen LogP contribution in [0, 0.1) is 5.92 Å². The van der Waals surface area contributed by atoms with Crippen molar-refractivity contribution >= 4 is 29.8 Å². The minimum Gasteiger partial charge on any atom is -0.494 e. The number of esters is 3. The molecule has 1 heterocycles. The van der Waals surface area contributed by atoms with Crippen LogP contribution >= 0.6 is 0 Å². The maximum absolute atomic E-state index is 13.4. The van der Waals surface area contributed by atoms with Crippen LogP contribution in [0.15, 0.2) is 60.7 Å². The first-order valence-corrected chi connectivity index (χ1v) is 18.9. The lowest BCUT2D eigenvalue weighted by molar-refractivity contribution is -0.167. The number of unbranched alkanes of at least 4 members (excludes halogenated alkanes) is 7. The Kier molecular flexibility index (Phi) is 19.3. The van der Waals surface area contributed by atoms with Gasteiger partial charge in [0.15, 0.2) is 6.10 Å². The molecule has 1 N–H and O–H groups in total. The molecule has 1 aliphatic heterocycles. The first-order valence-electron chi connectivity index (χ1n) is 18.9. The molecule has 11 heteroatoms. The topological polar surface area (TPSA) is 146 Å². The summed E-state index contributed by atoms with van der Waals surface area (Å²) in [5, 5.41) is 9.61. The first kappa shape index (κ1) is 42.0. The molecule has 1 amide bonds. The predicted molar refractivity (Wildman–Crippen MR) is 195 cm³/mol. The number of carboxylic acids is 1. The van der Waals surface area contributed by atoms with Crippen molar-refractivity contribution in [3.63, 3.8) is 0 Å². The zero-order valence-corrected chi connectivity index (χ0v) is 30.9. The third-order valence-electron chi connectivity index (χ3n) is 9.26. The van der Waals surface area contributed by atoms with E-state index in [0.717, 1.165) is 56.3 Å². The summed E-state index contributed by atoms with van der Waals surface area (Å²) in [6, 6.07) is 18.6. The van der Waals surface area contributed by atoms with Crippen molar-refractivity contribution in [2.75, 3.05) is 19.8 Å². The molecule has 0 unspecified atom stereocenters. The van der Waals surface area contributed by atoms with Gasteiger partial charge in [-0.2, -0.15) is 0 Å². The zero-order valence-electron chi connectivity index (χ0n) is 30.9. The summed E-state index contributed by atoms with van der Waals surface area (Å²) in [6.07, 6.45) is 7.90.